The van der Waals surface area contributed by atoms with Crippen LogP contribution in [0.25, 0.3) is 11.3 Å². The molecule has 0 saturated heterocycles. The van der Waals surface area contributed by atoms with Gasteiger partial charge < -0.3 is 10.3 Å². The number of amides is 1. The van der Waals surface area contributed by atoms with Gasteiger partial charge in [-0.3, -0.25) is 9.78 Å². The fourth-order valence-electron chi connectivity index (χ4n) is 2.13. The molecular formula is C16H11F4N5O. The van der Waals surface area contributed by atoms with Crippen LogP contribution in [0.2, 0.25) is 0 Å². The maximum absolute atomic E-state index is 12.9. The van der Waals surface area contributed by atoms with Crippen LogP contribution in [0.5, 0.6) is 0 Å². The first-order chi connectivity index (χ1) is 12.3. The zero-order valence-corrected chi connectivity index (χ0v) is 13.0. The summed E-state index contributed by atoms with van der Waals surface area (Å²) >= 11 is 0. The molecule has 0 spiro atoms. The summed E-state index contributed by atoms with van der Waals surface area (Å²) in [5, 5.41) is 2.54. The SMILES string of the molecule is O=C(NCc1cc(-c2ccc(C(F)(F)F)nc2)ncn1)c1cc(F)c[nH]1. The van der Waals surface area contributed by atoms with Crippen molar-refractivity contribution >= 4 is 5.91 Å². The average molecular weight is 365 g/mol. The van der Waals surface area contributed by atoms with Gasteiger partial charge in [-0.2, -0.15) is 13.2 Å². The molecule has 26 heavy (non-hydrogen) atoms. The Morgan fingerprint density at radius 2 is 1.96 bits per heavy atom. The minimum atomic E-state index is -4.52. The lowest BCUT2D eigenvalue weighted by molar-refractivity contribution is -0.141. The van der Waals surface area contributed by atoms with Crippen molar-refractivity contribution in [2.24, 2.45) is 0 Å². The first kappa shape index (κ1) is 17.5. The normalized spacial score (nSPS) is 11.4. The summed E-state index contributed by atoms with van der Waals surface area (Å²) < 4.78 is 50.5. The average Bonchev–Trinajstić information content (AvgIpc) is 3.06. The van der Waals surface area contributed by atoms with Crippen LogP contribution in [-0.2, 0) is 12.7 Å². The molecule has 0 bridgehead atoms. The minimum Gasteiger partial charge on any atom is -0.355 e. The predicted octanol–water partition coefficient (Wildman–Crippen LogP) is 2.95. The molecule has 0 saturated carbocycles. The van der Waals surface area contributed by atoms with Gasteiger partial charge in [-0.1, -0.05) is 0 Å². The van der Waals surface area contributed by atoms with Gasteiger partial charge in [-0.15, -0.1) is 0 Å². The number of carbonyl (C=O) groups excluding carboxylic acids is 1. The quantitative estimate of drug-likeness (QED) is 0.697. The zero-order valence-electron chi connectivity index (χ0n) is 13.0. The Morgan fingerprint density at radius 3 is 2.58 bits per heavy atom. The standard InChI is InChI=1S/C16H11F4N5O/c17-10-3-13(21-6-10)15(26)23-7-11-4-12(25-8-24-11)9-1-2-14(22-5-9)16(18,19)20/h1-6,8,21H,7H2,(H,23,26). The summed E-state index contributed by atoms with van der Waals surface area (Å²) in [6, 6.07) is 4.68. The first-order valence-corrected chi connectivity index (χ1v) is 7.29. The lowest BCUT2D eigenvalue weighted by Crippen LogP contribution is -2.23. The van der Waals surface area contributed by atoms with E-state index in [1.165, 1.54) is 18.5 Å². The Morgan fingerprint density at radius 1 is 1.15 bits per heavy atom. The highest BCUT2D eigenvalue weighted by Crippen LogP contribution is 2.28. The Kier molecular flexibility index (Phi) is 4.65. The molecule has 0 unspecified atom stereocenters. The molecule has 6 nitrogen and oxygen atoms in total. The molecule has 0 atom stereocenters. The van der Waals surface area contributed by atoms with Gasteiger partial charge >= 0.3 is 6.18 Å². The molecule has 0 fully saturated rings. The lowest BCUT2D eigenvalue weighted by atomic mass is 10.1. The molecule has 10 heteroatoms. The monoisotopic (exact) mass is 365 g/mol. The summed E-state index contributed by atoms with van der Waals surface area (Å²) in [5.41, 5.74) is 0.218. The molecule has 134 valence electrons. The second kappa shape index (κ2) is 6.90. The van der Waals surface area contributed by atoms with Crippen molar-refractivity contribution in [3.8, 4) is 11.3 Å². The van der Waals surface area contributed by atoms with Gasteiger partial charge in [0.25, 0.3) is 5.91 Å². The van der Waals surface area contributed by atoms with Gasteiger partial charge in [0.05, 0.1) is 17.9 Å². The van der Waals surface area contributed by atoms with Crippen LogP contribution >= 0.6 is 0 Å². The molecule has 1 amide bonds. The van der Waals surface area contributed by atoms with Gasteiger partial charge in [0.1, 0.15) is 23.5 Å². The Balaban J connectivity index is 1.71. The number of aromatic nitrogens is 4. The number of nitrogens with zero attached hydrogens (tertiary/aromatic N) is 3. The van der Waals surface area contributed by atoms with Crippen LogP contribution in [0.1, 0.15) is 21.9 Å². The van der Waals surface area contributed by atoms with Crippen molar-refractivity contribution in [1.82, 2.24) is 25.3 Å². The first-order valence-electron chi connectivity index (χ1n) is 7.29. The smallest absolute Gasteiger partial charge is 0.355 e. The van der Waals surface area contributed by atoms with E-state index in [4.69, 9.17) is 0 Å². The number of alkyl halides is 3. The van der Waals surface area contributed by atoms with E-state index in [1.807, 2.05) is 0 Å². The van der Waals surface area contributed by atoms with Crippen molar-refractivity contribution in [3.63, 3.8) is 0 Å². The third-order valence-corrected chi connectivity index (χ3v) is 3.40. The molecule has 3 rings (SSSR count). The number of aromatic amines is 1. The second-order valence-corrected chi connectivity index (χ2v) is 5.24. The zero-order chi connectivity index (χ0) is 18.7. The fourth-order valence-corrected chi connectivity index (χ4v) is 2.13. The van der Waals surface area contributed by atoms with Crippen molar-refractivity contribution in [2.45, 2.75) is 12.7 Å². The van der Waals surface area contributed by atoms with Gasteiger partial charge in [0.15, 0.2) is 0 Å². The van der Waals surface area contributed by atoms with E-state index >= 15 is 0 Å². The number of halogens is 4. The molecule has 3 heterocycles. The molecule has 0 radical (unpaired) electrons. The number of rotatable bonds is 4. The second-order valence-electron chi connectivity index (χ2n) is 5.24. The molecule has 0 aliphatic rings. The third kappa shape index (κ3) is 4.02. The van der Waals surface area contributed by atoms with Crippen molar-refractivity contribution in [1.29, 1.82) is 0 Å². The van der Waals surface area contributed by atoms with Gasteiger partial charge in [0, 0.05) is 24.0 Å². The van der Waals surface area contributed by atoms with Crippen LogP contribution < -0.4 is 5.32 Å². The highest BCUT2D eigenvalue weighted by molar-refractivity contribution is 5.92. The predicted molar refractivity (Wildman–Crippen MR) is 82.2 cm³/mol. The van der Waals surface area contributed by atoms with E-state index in [-0.39, 0.29) is 12.2 Å². The topological polar surface area (TPSA) is 83.6 Å². The highest BCUT2D eigenvalue weighted by Gasteiger charge is 2.32. The van der Waals surface area contributed by atoms with Crippen LogP contribution in [0.3, 0.4) is 0 Å². The molecule has 3 aromatic heterocycles. The summed E-state index contributed by atoms with van der Waals surface area (Å²) in [6.45, 7) is 0.0308. The van der Waals surface area contributed by atoms with E-state index in [0.717, 1.165) is 24.5 Å². The van der Waals surface area contributed by atoms with Gasteiger partial charge in [-0.25, -0.2) is 14.4 Å². The summed E-state index contributed by atoms with van der Waals surface area (Å²) in [4.78, 5) is 25.7. The molecule has 3 aromatic rings. The van der Waals surface area contributed by atoms with E-state index in [2.05, 4.69) is 25.3 Å². The van der Waals surface area contributed by atoms with Crippen LogP contribution in [0.4, 0.5) is 17.6 Å². The molecule has 0 aromatic carbocycles. The van der Waals surface area contributed by atoms with Gasteiger partial charge in [-0.05, 0) is 18.2 Å². The highest BCUT2D eigenvalue weighted by atomic mass is 19.4. The largest absolute Gasteiger partial charge is 0.433 e. The fraction of sp³-hybridized carbons (Fsp3) is 0.125. The number of carbonyl (C=O) groups is 1. The Bertz CT molecular complexity index is 921. The summed E-state index contributed by atoms with van der Waals surface area (Å²) in [5.74, 6) is -1.08. The number of hydrogen-bond donors (Lipinski definition) is 2. The number of hydrogen-bond acceptors (Lipinski definition) is 4. The van der Waals surface area contributed by atoms with Crippen molar-refractivity contribution in [3.05, 3.63) is 65.9 Å². The van der Waals surface area contributed by atoms with Crippen LogP contribution in [0.15, 0.2) is 43.0 Å². The van der Waals surface area contributed by atoms with E-state index in [1.54, 1.807) is 0 Å². The summed E-state index contributed by atoms with van der Waals surface area (Å²) in [7, 11) is 0. The molecule has 0 aliphatic carbocycles. The minimum absolute atomic E-state index is 0.0308. The van der Waals surface area contributed by atoms with Crippen molar-refractivity contribution < 1.29 is 22.4 Å². The van der Waals surface area contributed by atoms with Crippen LogP contribution in [-0.4, -0.2) is 25.8 Å². The van der Waals surface area contributed by atoms with Gasteiger partial charge in [0.2, 0.25) is 0 Å². The maximum Gasteiger partial charge on any atom is 0.433 e. The van der Waals surface area contributed by atoms with E-state index in [9.17, 15) is 22.4 Å². The van der Waals surface area contributed by atoms with Crippen LogP contribution in [0, 0.1) is 5.82 Å². The Hall–Kier alpha value is -3.30. The maximum atomic E-state index is 12.9. The van der Waals surface area contributed by atoms with Crippen molar-refractivity contribution in [2.75, 3.05) is 0 Å². The third-order valence-electron chi connectivity index (χ3n) is 3.40. The molecular weight excluding hydrogens is 354 g/mol. The molecule has 2 N–H and O–H groups in total. The lowest BCUT2D eigenvalue weighted by Gasteiger charge is -2.07. The van der Waals surface area contributed by atoms with E-state index < -0.39 is 23.6 Å². The number of nitrogens with one attached hydrogen (secondary N) is 2. The summed E-state index contributed by atoms with van der Waals surface area (Å²) in [6.07, 6.45) is -1.18. The Labute approximate surface area is 144 Å². The van der Waals surface area contributed by atoms with E-state index in [0.29, 0.717) is 17.0 Å². The number of H-pyrrole nitrogens is 1. The number of pyridine rings is 1. The molecule has 0 aliphatic heterocycles.